The van der Waals surface area contributed by atoms with E-state index in [0.717, 1.165) is 47.2 Å². The first kappa shape index (κ1) is 24.5. The van der Waals surface area contributed by atoms with Crippen LogP contribution in [0.25, 0.3) is 11.8 Å². The molecule has 2 aromatic carbocycles. The number of aryl methyl sites for hydroxylation is 2. The van der Waals surface area contributed by atoms with E-state index in [1.165, 1.54) is 10.5 Å². The van der Waals surface area contributed by atoms with E-state index in [1.807, 2.05) is 66.9 Å². The van der Waals surface area contributed by atoms with Gasteiger partial charge in [-0.2, -0.15) is 0 Å². The molecule has 4 rings (SSSR count). The SMILES string of the molecule is CCOC(=O)c1cccc(-n2c(C)cc(/C=C3/SC(=O)N(CCCc4ccccc4)C3=O)c2C)c1. The van der Waals surface area contributed by atoms with E-state index >= 15 is 0 Å². The maximum Gasteiger partial charge on any atom is 0.338 e. The minimum Gasteiger partial charge on any atom is -0.462 e. The molecule has 1 saturated heterocycles. The Hall–Kier alpha value is -3.58. The van der Waals surface area contributed by atoms with Gasteiger partial charge < -0.3 is 9.30 Å². The molecule has 1 aromatic heterocycles. The van der Waals surface area contributed by atoms with Crippen LogP contribution in [0.5, 0.6) is 0 Å². The van der Waals surface area contributed by atoms with Crippen LogP contribution in [0.2, 0.25) is 0 Å². The summed E-state index contributed by atoms with van der Waals surface area (Å²) < 4.78 is 7.15. The van der Waals surface area contributed by atoms with Crippen molar-refractivity contribution in [3.63, 3.8) is 0 Å². The number of hydrogen-bond donors (Lipinski definition) is 0. The zero-order valence-corrected chi connectivity index (χ0v) is 20.9. The highest BCUT2D eigenvalue weighted by Crippen LogP contribution is 2.34. The highest BCUT2D eigenvalue weighted by atomic mass is 32.2. The van der Waals surface area contributed by atoms with Crippen LogP contribution < -0.4 is 0 Å². The Morgan fingerprint density at radius 3 is 2.54 bits per heavy atom. The lowest BCUT2D eigenvalue weighted by molar-refractivity contribution is -0.122. The van der Waals surface area contributed by atoms with E-state index in [-0.39, 0.29) is 17.1 Å². The van der Waals surface area contributed by atoms with Crippen LogP contribution in [0.3, 0.4) is 0 Å². The first-order valence-electron chi connectivity index (χ1n) is 11.6. The number of aromatic nitrogens is 1. The number of amides is 2. The lowest BCUT2D eigenvalue weighted by Gasteiger charge is -2.12. The Bertz CT molecular complexity index is 1290. The van der Waals surface area contributed by atoms with Crippen molar-refractivity contribution in [1.82, 2.24) is 9.47 Å². The fraction of sp³-hybridized carbons (Fsp3) is 0.250. The van der Waals surface area contributed by atoms with Crippen LogP contribution in [0.4, 0.5) is 4.79 Å². The topological polar surface area (TPSA) is 68.6 Å². The molecule has 0 atom stereocenters. The molecule has 7 heteroatoms. The summed E-state index contributed by atoms with van der Waals surface area (Å²) in [4.78, 5) is 39.4. The zero-order chi connectivity index (χ0) is 24.9. The highest BCUT2D eigenvalue weighted by molar-refractivity contribution is 8.18. The van der Waals surface area contributed by atoms with Crippen molar-refractivity contribution in [3.05, 3.63) is 93.6 Å². The Morgan fingerprint density at radius 2 is 1.80 bits per heavy atom. The number of rotatable bonds is 8. The Kier molecular flexibility index (Phi) is 7.56. The molecule has 0 saturated carbocycles. The predicted octanol–water partition coefficient (Wildman–Crippen LogP) is 5.94. The van der Waals surface area contributed by atoms with Crippen molar-refractivity contribution in [2.45, 2.75) is 33.6 Å². The number of benzene rings is 2. The molecule has 0 N–H and O–H groups in total. The summed E-state index contributed by atoms with van der Waals surface area (Å²) in [5.41, 5.74) is 5.23. The second kappa shape index (κ2) is 10.8. The third-order valence-electron chi connectivity index (χ3n) is 5.94. The zero-order valence-electron chi connectivity index (χ0n) is 20.1. The molecule has 0 unspecified atom stereocenters. The molecule has 180 valence electrons. The quantitative estimate of drug-likeness (QED) is 0.290. The van der Waals surface area contributed by atoms with E-state index in [4.69, 9.17) is 4.74 Å². The van der Waals surface area contributed by atoms with Gasteiger partial charge in [-0.1, -0.05) is 36.4 Å². The standard InChI is InChI=1S/C28H28N2O4S/c1-4-34-27(32)22-13-8-14-24(17-22)30-19(2)16-23(20(30)3)18-25-26(31)29(28(33)35-25)15-9-12-21-10-6-5-7-11-21/h5-8,10-11,13-14,16-18H,4,9,12,15H2,1-3H3/b25-18+. The summed E-state index contributed by atoms with van der Waals surface area (Å²) in [6.45, 7) is 6.42. The van der Waals surface area contributed by atoms with Gasteiger partial charge in [-0.15, -0.1) is 0 Å². The van der Waals surface area contributed by atoms with Crippen molar-refractivity contribution < 1.29 is 19.1 Å². The summed E-state index contributed by atoms with van der Waals surface area (Å²) in [7, 11) is 0. The van der Waals surface area contributed by atoms with Gasteiger partial charge in [0, 0.05) is 23.6 Å². The fourth-order valence-corrected chi connectivity index (χ4v) is 5.09. The Morgan fingerprint density at radius 1 is 1.03 bits per heavy atom. The van der Waals surface area contributed by atoms with Crippen LogP contribution in [0, 0.1) is 13.8 Å². The molecule has 0 spiro atoms. The van der Waals surface area contributed by atoms with Gasteiger partial charge in [0.05, 0.1) is 17.1 Å². The molecule has 1 fully saturated rings. The minimum atomic E-state index is -0.363. The fourth-order valence-electron chi connectivity index (χ4n) is 4.24. The lowest BCUT2D eigenvalue weighted by Crippen LogP contribution is -2.29. The number of esters is 1. The molecule has 3 aromatic rings. The summed E-state index contributed by atoms with van der Waals surface area (Å²) >= 11 is 0.982. The van der Waals surface area contributed by atoms with Gasteiger partial charge in [-0.05, 0) is 86.8 Å². The van der Waals surface area contributed by atoms with Gasteiger partial charge in [0.15, 0.2) is 0 Å². The van der Waals surface area contributed by atoms with Gasteiger partial charge in [0.2, 0.25) is 0 Å². The van der Waals surface area contributed by atoms with E-state index in [0.29, 0.717) is 23.6 Å². The summed E-state index contributed by atoms with van der Waals surface area (Å²) in [5.74, 6) is -0.611. The second-order valence-corrected chi connectivity index (χ2v) is 9.35. The summed E-state index contributed by atoms with van der Waals surface area (Å²) in [6.07, 6.45) is 3.32. The number of carbonyl (C=O) groups excluding carboxylic acids is 3. The summed E-state index contributed by atoms with van der Waals surface area (Å²) in [5, 5.41) is -0.231. The highest BCUT2D eigenvalue weighted by Gasteiger charge is 2.34. The molecule has 1 aliphatic heterocycles. The Labute approximate surface area is 209 Å². The number of hydrogen-bond acceptors (Lipinski definition) is 5. The average Bonchev–Trinajstić information content (AvgIpc) is 3.28. The van der Waals surface area contributed by atoms with Crippen LogP contribution in [0.15, 0.2) is 65.6 Å². The van der Waals surface area contributed by atoms with Crippen molar-refractivity contribution in [2.24, 2.45) is 0 Å². The lowest BCUT2D eigenvalue weighted by atomic mass is 10.1. The van der Waals surface area contributed by atoms with Crippen molar-refractivity contribution in [1.29, 1.82) is 0 Å². The molecule has 2 heterocycles. The molecule has 35 heavy (non-hydrogen) atoms. The molecule has 1 aliphatic rings. The first-order valence-corrected chi connectivity index (χ1v) is 12.5. The molecule has 2 amide bonds. The van der Waals surface area contributed by atoms with Crippen LogP contribution in [-0.4, -0.2) is 39.7 Å². The van der Waals surface area contributed by atoms with Crippen molar-refractivity contribution in [3.8, 4) is 5.69 Å². The third-order valence-corrected chi connectivity index (χ3v) is 6.84. The normalized spacial score (nSPS) is 14.7. The monoisotopic (exact) mass is 488 g/mol. The minimum absolute atomic E-state index is 0.231. The van der Waals surface area contributed by atoms with E-state index in [1.54, 1.807) is 25.1 Å². The third kappa shape index (κ3) is 5.41. The molecule has 6 nitrogen and oxygen atoms in total. The van der Waals surface area contributed by atoms with Gasteiger partial charge in [-0.25, -0.2) is 4.79 Å². The van der Waals surface area contributed by atoms with E-state index in [9.17, 15) is 14.4 Å². The summed E-state index contributed by atoms with van der Waals surface area (Å²) in [6, 6.07) is 19.3. The number of ether oxygens (including phenoxy) is 1. The number of carbonyl (C=O) groups is 3. The predicted molar refractivity (Wildman–Crippen MR) is 139 cm³/mol. The van der Waals surface area contributed by atoms with Gasteiger partial charge in [0.1, 0.15) is 0 Å². The Balaban J connectivity index is 1.52. The van der Waals surface area contributed by atoms with Gasteiger partial charge in [-0.3, -0.25) is 14.5 Å². The van der Waals surface area contributed by atoms with Crippen LogP contribution in [0.1, 0.15) is 46.2 Å². The molecule has 0 aliphatic carbocycles. The molecule has 0 radical (unpaired) electrons. The smallest absolute Gasteiger partial charge is 0.338 e. The number of imide groups is 1. The maximum absolute atomic E-state index is 13.0. The maximum atomic E-state index is 13.0. The molecular weight excluding hydrogens is 460 g/mol. The largest absolute Gasteiger partial charge is 0.462 e. The van der Waals surface area contributed by atoms with Gasteiger partial charge >= 0.3 is 5.97 Å². The second-order valence-electron chi connectivity index (χ2n) is 8.36. The van der Waals surface area contributed by atoms with Crippen molar-refractivity contribution >= 4 is 35.0 Å². The first-order chi connectivity index (χ1) is 16.9. The number of nitrogens with zero attached hydrogens (tertiary/aromatic N) is 2. The molecular formula is C28H28N2O4S. The number of thioether (sulfide) groups is 1. The van der Waals surface area contributed by atoms with Crippen LogP contribution >= 0.6 is 11.8 Å². The van der Waals surface area contributed by atoms with Gasteiger partial charge in [0.25, 0.3) is 11.1 Å². The van der Waals surface area contributed by atoms with E-state index in [2.05, 4.69) is 0 Å². The van der Waals surface area contributed by atoms with E-state index < -0.39 is 0 Å². The van der Waals surface area contributed by atoms with Crippen molar-refractivity contribution in [2.75, 3.05) is 13.2 Å². The molecule has 0 bridgehead atoms. The average molecular weight is 489 g/mol. The van der Waals surface area contributed by atoms with Crippen LogP contribution in [-0.2, 0) is 16.0 Å².